The van der Waals surface area contributed by atoms with Gasteiger partial charge in [0, 0.05) is 31.0 Å². The predicted octanol–water partition coefficient (Wildman–Crippen LogP) is 2.79. The van der Waals surface area contributed by atoms with Crippen LogP contribution < -0.4 is 10.6 Å². The largest absolute Gasteiger partial charge is 0.445 e. The van der Waals surface area contributed by atoms with Gasteiger partial charge >= 0.3 is 6.09 Å². The molecule has 1 aromatic carbocycles. The molecule has 2 N–H and O–H groups in total. The third kappa shape index (κ3) is 7.63. The zero-order chi connectivity index (χ0) is 22.6. The first-order valence-electron chi connectivity index (χ1n) is 10.3. The third-order valence-corrected chi connectivity index (χ3v) is 5.05. The topological polar surface area (TPSA) is 109 Å². The quantitative estimate of drug-likeness (QED) is 0.540. The number of benzene rings is 1. The number of nitriles is 1. The highest BCUT2D eigenvalue weighted by molar-refractivity contribution is 5.78. The number of amides is 2. The van der Waals surface area contributed by atoms with Crippen molar-refractivity contribution in [3.63, 3.8) is 0 Å². The first-order valence-corrected chi connectivity index (χ1v) is 10.3. The van der Waals surface area contributed by atoms with E-state index in [1.54, 1.807) is 24.7 Å². The van der Waals surface area contributed by atoms with Gasteiger partial charge in [0.2, 0.25) is 5.91 Å². The summed E-state index contributed by atoms with van der Waals surface area (Å²) in [4.78, 5) is 28.6. The highest BCUT2D eigenvalue weighted by Gasteiger charge is 2.20. The van der Waals surface area contributed by atoms with Crippen molar-refractivity contribution in [3.8, 4) is 6.07 Å². The molecule has 1 heterocycles. The highest BCUT2D eigenvalue weighted by atomic mass is 16.5. The minimum absolute atomic E-state index is 0.134. The summed E-state index contributed by atoms with van der Waals surface area (Å²) in [5.41, 5.74) is 2.40. The number of nitrogens with one attached hydrogen (secondary N) is 2. The summed E-state index contributed by atoms with van der Waals surface area (Å²) in [6.07, 6.45) is 5.34. The number of rotatable bonds is 11. The summed E-state index contributed by atoms with van der Waals surface area (Å²) >= 11 is 0. The zero-order valence-corrected chi connectivity index (χ0v) is 18.0. The molecule has 2 atom stereocenters. The minimum Gasteiger partial charge on any atom is -0.445 e. The normalized spacial score (nSPS) is 12.3. The van der Waals surface area contributed by atoms with Crippen LogP contribution in [0.5, 0.6) is 0 Å². The molecule has 0 aliphatic rings. The van der Waals surface area contributed by atoms with Gasteiger partial charge in [0.25, 0.3) is 0 Å². The molecule has 31 heavy (non-hydrogen) atoms. The number of carbonyl (C=O) groups excluding carboxylic acids is 2. The Bertz CT molecular complexity index is 914. The van der Waals surface area contributed by atoms with E-state index >= 15 is 0 Å². The molecule has 8 heteroatoms. The van der Waals surface area contributed by atoms with Crippen LogP contribution in [0.4, 0.5) is 4.79 Å². The van der Waals surface area contributed by atoms with Crippen LogP contribution in [0.15, 0.2) is 49.4 Å². The maximum absolute atomic E-state index is 12.7. The van der Waals surface area contributed by atoms with E-state index in [1.165, 1.54) is 6.08 Å². The maximum atomic E-state index is 12.7. The molecule has 2 amide bonds. The average molecular weight is 424 g/mol. The van der Waals surface area contributed by atoms with Crippen LogP contribution in [-0.2, 0) is 22.5 Å². The van der Waals surface area contributed by atoms with Gasteiger partial charge in [-0.25, -0.2) is 9.78 Å². The van der Waals surface area contributed by atoms with Crippen molar-refractivity contribution >= 4 is 12.0 Å². The molecular formula is C23H29N5O3. The van der Waals surface area contributed by atoms with Gasteiger partial charge in [-0.2, -0.15) is 5.26 Å². The van der Waals surface area contributed by atoms with Crippen molar-refractivity contribution in [2.24, 2.45) is 5.92 Å². The smallest absolute Gasteiger partial charge is 0.407 e. The number of carbonyl (C=O) groups is 2. The first-order chi connectivity index (χ1) is 15.0. The monoisotopic (exact) mass is 423 g/mol. The summed E-state index contributed by atoms with van der Waals surface area (Å²) < 4.78 is 6.83. The van der Waals surface area contributed by atoms with Gasteiger partial charge in [-0.3, -0.25) is 4.79 Å². The Labute approximate surface area is 182 Å². The molecule has 0 aliphatic heterocycles. The lowest BCUT2D eigenvalue weighted by atomic mass is 9.99. The molecule has 2 aromatic rings. The summed E-state index contributed by atoms with van der Waals surface area (Å²) in [5, 5.41) is 14.6. The van der Waals surface area contributed by atoms with Gasteiger partial charge < -0.3 is 19.9 Å². The molecule has 164 valence electrons. The Kier molecular flexibility index (Phi) is 9.30. The molecule has 0 aliphatic carbocycles. The molecular weight excluding hydrogens is 394 g/mol. The second-order valence-corrected chi connectivity index (χ2v) is 7.33. The van der Waals surface area contributed by atoms with E-state index in [0.717, 1.165) is 17.7 Å². The molecule has 8 nitrogen and oxygen atoms in total. The van der Waals surface area contributed by atoms with E-state index < -0.39 is 6.09 Å². The number of hydrogen-bond acceptors (Lipinski definition) is 5. The molecule has 1 aromatic heterocycles. The van der Waals surface area contributed by atoms with Crippen molar-refractivity contribution < 1.29 is 14.3 Å². The van der Waals surface area contributed by atoms with E-state index in [4.69, 9.17) is 10.00 Å². The van der Waals surface area contributed by atoms with Crippen molar-refractivity contribution in [2.45, 2.75) is 39.3 Å². The van der Waals surface area contributed by atoms with Gasteiger partial charge in [-0.15, -0.1) is 0 Å². The Hall–Kier alpha value is -3.60. The van der Waals surface area contributed by atoms with Gasteiger partial charge in [0.15, 0.2) is 0 Å². The number of alkyl carbamates (subject to hydrolysis) is 1. The van der Waals surface area contributed by atoms with Gasteiger partial charge in [-0.1, -0.05) is 45.1 Å². The Balaban J connectivity index is 1.96. The molecule has 0 fully saturated rings. The molecule has 0 bridgehead atoms. The van der Waals surface area contributed by atoms with E-state index in [0.29, 0.717) is 12.1 Å². The van der Waals surface area contributed by atoms with Crippen LogP contribution >= 0.6 is 0 Å². The Morgan fingerprint density at radius 1 is 1.35 bits per heavy atom. The van der Waals surface area contributed by atoms with Crippen LogP contribution in [0.1, 0.15) is 37.1 Å². The summed E-state index contributed by atoms with van der Waals surface area (Å²) in [6.45, 7) is 8.53. The lowest BCUT2D eigenvalue weighted by Crippen LogP contribution is -2.47. The number of hydrogen-bond donors (Lipinski definition) is 2. The molecule has 2 rings (SSSR count). The lowest BCUT2D eigenvalue weighted by molar-refractivity contribution is -0.121. The van der Waals surface area contributed by atoms with Crippen molar-refractivity contribution in [1.82, 2.24) is 20.2 Å². The standard InChI is InChI=1S/C23H29N5O3/c1-4-10-31-23(30)26-14-21(17(3)5-2)27-22(29)11-20-13-25-16-28(20)15-19-8-6-18(12-24)7-9-19/h4,6-9,13,16-17,21H,1,5,10-11,14-15H2,2-3H3,(H,26,30)(H,27,29)/t17-,21+/m0/s1. The van der Waals surface area contributed by atoms with Gasteiger partial charge in [0.05, 0.1) is 24.4 Å². The third-order valence-electron chi connectivity index (χ3n) is 5.05. The molecule has 0 radical (unpaired) electrons. The van der Waals surface area contributed by atoms with Crippen LogP contribution in [-0.4, -0.2) is 40.7 Å². The second kappa shape index (κ2) is 12.2. The zero-order valence-electron chi connectivity index (χ0n) is 18.0. The van der Waals surface area contributed by atoms with Gasteiger partial charge in [0.1, 0.15) is 6.61 Å². The Morgan fingerprint density at radius 2 is 2.10 bits per heavy atom. The second-order valence-electron chi connectivity index (χ2n) is 7.33. The lowest BCUT2D eigenvalue weighted by Gasteiger charge is -2.24. The van der Waals surface area contributed by atoms with E-state index in [-0.39, 0.29) is 37.4 Å². The minimum atomic E-state index is -0.539. The fourth-order valence-electron chi connectivity index (χ4n) is 3.00. The summed E-state index contributed by atoms with van der Waals surface area (Å²) in [6, 6.07) is 9.19. The number of ether oxygens (including phenoxy) is 1. The molecule has 0 saturated heterocycles. The number of imidazole rings is 1. The van der Waals surface area contributed by atoms with E-state index in [2.05, 4.69) is 28.3 Å². The highest BCUT2D eigenvalue weighted by Crippen LogP contribution is 2.11. The predicted molar refractivity (Wildman–Crippen MR) is 117 cm³/mol. The van der Waals surface area contributed by atoms with Crippen molar-refractivity contribution in [1.29, 1.82) is 5.26 Å². The van der Waals surface area contributed by atoms with Crippen LogP contribution in [0.3, 0.4) is 0 Å². The van der Waals surface area contributed by atoms with Crippen molar-refractivity contribution in [3.05, 3.63) is 66.3 Å². The average Bonchev–Trinajstić information content (AvgIpc) is 3.21. The van der Waals surface area contributed by atoms with Gasteiger partial charge in [-0.05, 0) is 23.6 Å². The van der Waals surface area contributed by atoms with Crippen LogP contribution in [0.2, 0.25) is 0 Å². The molecule has 0 saturated carbocycles. The van der Waals surface area contributed by atoms with E-state index in [9.17, 15) is 9.59 Å². The number of aromatic nitrogens is 2. The van der Waals surface area contributed by atoms with E-state index in [1.807, 2.05) is 30.5 Å². The fraction of sp³-hybridized carbons (Fsp3) is 0.391. The summed E-state index contributed by atoms with van der Waals surface area (Å²) in [5.74, 6) is 0.0281. The van der Waals surface area contributed by atoms with Crippen LogP contribution in [0, 0.1) is 17.2 Å². The molecule has 0 spiro atoms. The van der Waals surface area contributed by atoms with Crippen molar-refractivity contribution in [2.75, 3.05) is 13.2 Å². The summed E-state index contributed by atoms with van der Waals surface area (Å²) in [7, 11) is 0. The first kappa shape index (κ1) is 23.7. The SMILES string of the molecule is C=CCOC(=O)NC[C@@H](NC(=O)Cc1cncn1Cc1ccc(C#N)cc1)[C@@H](C)CC. The molecule has 0 unspecified atom stereocenters. The maximum Gasteiger partial charge on any atom is 0.407 e. The fourth-order valence-corrected chi connectivity index (χ4v) is 3.00. The van der Waals surface area contributed by atoms with Crippen LogP contribution in [0.25, 0.3) is 0 Å². The number of nitrogens with zero attached hydrogens (tertiary/aromatic N) is 3. The Morgan fingerprint density at radius 3 is 2.74 bits per heavy atom.